The molecule has 3 aromatic rings. The Morgan fingerprint density at radius 1 is 1.05 bits per heavy atom. The number of phenolic OH excluding ortho intramolecular Hbond substituents is 1. The molecule has 4 heteroatoms. The summed E-state index contributed by atoms with van der Waals surface area (Å²) in [6.07, 6.45) is 1.75. The van der Waals surface area contributed by atoms with Gasteiger partial charge in [0.25, 0.3) is 0 Å². The second-order valence-electron chi connectivity index (χ2n) is 4.17. The normalized spacial score (nSPS) is 10.6. The van der Waals surface area contributed by atoms with Gasteiger partial charge >= 0.3 is 0 Å². The number of aromatic hydroxyl groups is 1. The van der Waals surface area contributed by atoms with Gasteiger partial charge in [-0.25, -0.2) is 4.98 Å². The number of fused-ring (bicyclic) bond motifs is 1. The Morgan fingerprint density at radius 2 is 1.89 bits per heavy atom. The summed E-state index contributed by atoms with van der Waals surface area (Å²) in [7, 11) is 0. The van der Waals surface area contributed by atoms with E-state index >= 15 is 0 Å². The third-order valence-corrected chi connectivity index (χ3v) is 3.20. The van der Waals surface area contributed by atoms with Crippen LogP contribution in [0.1, 0.15) is 0 Å². The summed E-state index contributed by atoms with van der Waals surface area (Å²) in [5.74, 6) is 0.798. The van der Waals surface area contributed by atoms with Crippen LogP contribution in [0.5, 0.6) is 5.75 Å². The monoisotopic (exact) mass is 270 g/mol. The highest BCUT2D eigenvalue weighted by Gasteiger charge is 2.04. The van der Waals surface area contributed by atoms with E-state index in [1.807, 2.05) is 30.3 Å². The average Bonchev–Trinajstić information content (AvgIpc) is 2.43. The largest absolute Gasteiger partial charge is 0.506 e. The van der Waals surface area contributed by atoms with Gasteiger partial charge in [0.15, 0.2) is 0 Å². The molecule has 2 N–H and O–H groups in total. The second kappa shape index (κ2) is 4.78. The lowest BCUT2D eigenvalue weighted by molar-refractivity contribution is 0.476. The molecule has 0 aliphatic heterocycles. The van der Waals surface area contributed by atoms with Gasteiger partial charge in [-0.3, -0.25) is 0 Å². The van der Waals surface area contributed by atoms with Crippen LogP contribution in [-0.4, -0.2) is 10.1 Å². The molecule has 1 heterocycles. The van der Waals surface area contributed by atoms with E-state index in [-0.39, 0.29) is 5.75 Å². The molecule has 0 radical (unpaired) electrons. The predicted octanol–water partition coefficient (Wildman–Crippen LogP) is 4.34. The maximum Gasteiger partial charge on any atom is 0.138 e. The number of nitrogens with zero attached hydrogens (tertiary/aromatic N) is 1. The number of nitrogens with one attached hydrogen (secondary N) is 1. The first-order valence-corrected chi connectivity index (χ1v) is 6.21. The van der Waals surface area contributed by atoms with E-state index in [9.17, 15) is 5.11 Å². The van der Waals surface area contributed by atoms with Gasteiger partial charge in [-0.1, -0.05) is 35.9 Å². The number of hydrogen-bond acceptors (Lipinski definition) is 3. The van der Waals surface area contributed by atoms with Gasteiger partial charge in [-0.15, -0.1) is 0 Å². The lowest BCUT2D eigenvalue weighted by Gasteiger charge is -2.09. The predicted molar refractivity (Wildman–Crippen MR) is 78.1 cm³/mol. The van der Waals surface area contributed by atoms with Crippen LogP contribution < -0.4 is 5.32 Å². The fourth-order valence-electron chi connectivity index (χ4n) is 1.95. The molecule has 2 aromatic carbocycles. The highest BCUT2D eigenvalue weighted by Crippen LogP contribution is 2.29. The Kier molecular flexibility index (Phi) is 2.97. The molecule has 0 fully saturated rings. The lowest BCUT2D eigenvalue weighted by Crippen LogP contribution is -1.94. The van der Waals surface area contributed by atoms with Gasteiger partial charge in [-0.05, 0) is 23.6 Å². The third-order valence-electron chi connectivity index (χ3n) is 2.88. The number of halogens is 1. The van der Waals surface area contributed by atoms with Crippen molar-refractivity contribution in [1.29, 1.82) is 0 Å². The minimum Gasteiger partial charge on any atom is -0.506 e. The zero-order valence-corrected chi connectivity index (χ0v) is 10.7. The molecule has 3 nitrogen and oxygen atoms in total. The lowest BCUT2D eigenvalue weighted by atomic mass is 10.1. The molecule has 0 saturated carbocycles. The summed E-state index contributed by atoms with van der Waals surface area (Å²) in [6, 6.07) is 15.0. The molecule has 0 atom stereocenters. The molecular weight excluding hydrogens is 260 g/mol. The summed E-state index contributed by atoms with van der Waals surface area (Å²) >= 11 is 5.79. The van der Waals surface area contributed by atoms with E-state index in [1.54, 1.807) is 24.4 Å². The summed E-state index contributed by atoms with van der Waals surface area (Å²) in [5, 5.41) is 15.3. The van der Waals surface area contributed by atoms with E-state index in [0.29, 0.717) is 5.02 Å². The Labute approximate surface area is 115 Å². The molecule has 0 saturated heterocycles. The fraction of sp³-hybridized carbons (Fsp3) is 0. The van der Waals surface area contributed by atoms with Gasteiger partial charge in [-0.2, -0.15) is 0 Å². The van der Waals surface area contributed by atoms with Crippen LogP contribution in [0.2, 0.25) is 5.02 Å². The summed E-state index contributed by atoms with van der Waals surface area (Å²) in [4.78, 5) is 4.33. The Morgan fingerprint density at radius 3 is 2.74 bits per heavy atom. The minimum absolute atomic E-state index is 0.0481. The highest BCUT2D eigenvalue weighted by atomic mass is 35.5. The van der Waals surface area contributed by atoms with Crippen LogP contribution >= 0.6 is 11.6 Å². The van der Waals surface area contributed by atoms with E-state index in [0.717, 1.165) is 22.3 Å². The number of hydrogen-bond donors (Lipinski definition) is 2. The van der Waals surface area contributed by atoms with Crippen molar-refractivity contribution in [3.63, 3.8) is 0 Å². The van der Waals surface area contributed by atoms with Gasteiger partial charge in [0.2, 0.25) is 0 Å². The maximum atomic E-state index is 9.60. The highest BCUT2D eigenvalue weighted by molar-refractivity contribution is 6.32. The Bertz CT molecular complexity index is 738. The number of benzene rings is 2. The van der Waals surface area contributed by atoms with E-state index in [1.165, 1.54) is 0 Å². The van der Waals surface area contributed by atoms with Crippen LogP contribution in [0, 0.1) is 0 Å². The number of aromatic nitrogens is 1. The van der Waals surface area contributed by atoms with Crippen LogP contribution in [-0.2, 0) is 0 Å². The summed E-state index contributed by atoms with van der Waals surface area (Å²) < 4.78 is 0. The first-order valence-electron chi connectivity index (χ1n) is 5.83. The number of pyridine rings is 1. The molecule has 0 aliphatic carbocycles. The van der Waals surface area contributed by atoms with Crippen molar-refractivity contribution in [3.05, 3.63) is 59.8 Å². The molecular formula is C15H11ClN2O. The molecule has 3 rings (SSSR count). The van der Waals surface area contributed by atoms with Crippen LogP contribution in [0.3, 0.4) is 0 Å². The molecule has 94 valence electrons. The molecule has 0 spiro atoms. The third kappa shape index (κ3) is 2.33. The molecule has 1 aromatic heterocycles. The molecule has 0 aliphatic rings. The quantitative estimate of drug-likeness (QED) is 0.728. The number of rotatable bonds is 2. The van der Waals surface area contributed by atoms with Crippen molar-refractivity contribution < 1.29 is 5.11 Å². The minimum atomic E-state index is 0.0481. The van der Waals surface area contributed by atoms with Crippen molar-refractivity contribution in [1.82, 2.24) is 4.98 Å². The van der Waals surface area contributed by atoms with E-state index in [2.05, 4.69) is 10.3 Å². The van der Waals surface area contributed by atoms with Gasteiger partial charge < -0.3 is 10.4 Å². The van der Waals surface area contributed by atoms with Crippen LogP contribution in [0.4, 0.5) is 11.5 Å². The van der Waals surface area contributed by atoms with Crippen LogP contribution in [0.15, 0.2) is 54.7 Å². The summed E-state index contributed by atoms with van der Waals surface area (Å²) in [5.41, 5.74) is 0.741. The van der Waals surface area contributed by atoms with Crippen molar-refractivity contribution in [2.75, 3.05) is 5.32 Å². The first kappa shape index (κ1) is 11.8. The molecule has 0 bridgehead atoms. The van der Waals surface area contributed by atoms with Gasteiger partial charge in [0.05, 0.1) is 5.02 Å². The fourth-order valence-corrected chi connectivity index (χ4v) is 2.06. The smallest absolute Gasteiger partial charge is 0.138 e. The van der Waals surface area contributed by atoms with Crippen molar-refractivity contribution in [2.24, 2.45) is 0 Å². The number of anilines is 2. The first-order chi connectivity index (χ1) is 9.24. The van der Waals surface area contributed by atoms with E-state index < -0.39 is 0 Å². The molecule has 19 heavy (non-hydrogen) atoms. The Hall–Kier alpha value is -2.26. The maximum absolute atomic E-state index is 9.60. The SMILES string of the molecule is Oc1cc(Nc2nccc3ccccc23)ccc1Cl. The summed E-state index contributed by atoms with van der Waals surface area (Å²) in [6.45, 7) is 0. The van der Waals surface area contributed by atoms with E-state index in [4.69, 9.17) is 11.6 Å². The van der Waals surface area contributed by atoms with Crippen LogP contribution in [0.25, 0.3) is 10.8 Å². The zero-order chi connectivity index (χ0) is 13.2. The van der Waals surface area contributed by atoms with Crippen molar-refractivity contribution >= 4 is 33.9 Å². The number of phenols is 1. The Balaban J connectivity index is 2.03. The second-order valence-corrected chi connectivity index (χ2v) is 4.58. The molecule has 0 unspecified atom stereocenters. The van der Waals surface area contributed by atoms with Gasteiger partial charge in [0, 0.05) is 23.3 Å². The van der Waals surface area contributed by atoms with Gasteiger partial charge in [0.1, 0.15) is 11.6 Å². The topological polar surface area (TPSA) is 45.1 Å². The standard InChI is InChI=1S/C15H11ClN2O/c16-13-6-5-11(9-14(13)19)18-15-12-4-2-1-3-10(12)7-8-17-15/h1-9,19H,(H,17,18). The van der Waals surface area contributed by atoms with Crippen molar-refractivity contribution in [3.8, 4) is 5.75 Å². The van der Waals surface area contributed by atoms with Crippen molar-refractivity contribution in [2.45, 2.75) is 0 Å². The average molecular weight is 271 g/mol. The molecule has 0 amide bonds. The zero-order valence-electron chi connectivity index (χ0n) is 9.97.